The second-order valence-corrected chi connectivity index (χ2v) is 4.11. The molecule has 1 unspecified atom stereocenters. The van der Waals surface area contributed by atoms with Gasteiger partial charge in [-0.25, -0.2) is 0 Å². The lowest BCUT2D eigenvalue weighted by atomic mass is 9.97. The van der Waals surface area contributed by atoms with Crippen molar-refractivity contribution in [1.82, 2.24) is 0 Å². The first-order valence-corrected chi connectivity index (χ1v) is 5.06. The van der Waals surface area contributed by atoms with Crippen LogP contribution in [-0.4, -0.2) is 11.7 Å². The maximum atomic E-state index is 9.01. The van der Waals surface area contributed by atoms with Crippen LogP contribution in [-0.2, 0) is 0 Å². The molecule has 3 N–H and O–H groups in total. The number of hydrogen-bond acceptors (Lipinski definition) is 2. The minimum Gasteiger partial charge on any atom is -0.394 e. The molecule has 0 radical (unpaired) electrons. The van der Waals surface area contributed by atoms with Gasteiger partial charge in [0.25, 0.3) is 0 Å². The van der Waals surface area contributed by atoms with Gasteiger partial charge in [0.05, 0.1) is 12.6 Å². The summed E-state index contributed by atoms with van der Waals surface area (Å²) in [6, 6.07) is 1.27. The Balaban J connectivity index is 3.39. The lowest BCUT2D eigenvalue weighted by Gasteiger charge is -2.17. The maximum Gasteiger partial charge on any atom is 0.0624 e. The standard InChI is InChI=1S/C10H13Cl2NO/c1-5-7(11)3-8(12)6(2)10(5)9(13)4-14/h3,9,14H,4,13H2,1-2H3. The van der Waals surface area contributed by atoms with Crippen LogP contribution >= 0.6 is 23.2 Å². The van der Waals surface area contributed by atoms with Crippen molar-refractivity contribution in [3.63, 3.8) is 0 Å². The molecular formula is C10H13Cl2NO. The topological polar surface area (TPSA) is 46.2 Å². The van der Waals surface area contributed by atoms with E-state index in [1.54, 1.807) is 6.07 Å². The summed E-state index contributed by atoms with van der Waals surface area (Å²) in [7, 11) is 0. The fourth-order valence-electron chi connectivity index (χ4n) is 1.51. The summed E-state index contributed by atoms with van der Waals surface area (Å²) in [5.41, 5.74) is 8.37. The second kappa shape index (κ2) is 4.49. The summed E-state index contributed by atoms with van der Waals surface area (Å²) in [5.74, 6) is 0. The molecule has 0 saturated heterocycles. The number of aliphatic hydroxyl groups excluding tert-OH is 1. The molecule has 14 heavy (non-hydrogen) atoms. The number of nitrogens with two attached hydrogens (primary N) is 1. The monoisotopic (exact) mass is 233 g/mol. The molecule has 1 aromatic rings. The molecule has 0 aromatic heterocycles. The van der Waals surface area contributed by atoms with Gasteiger partial charge in [0.1, 0.15) is 0 Å². The van der Waals surface area contributed by atoms with Gasteiger partial charge < -0.3 is 10.8 Å². The van der Waals surface area contributed by atoms with Crippen molar-refractivity contribution in [2.24, 2.45) is 5.73 Å². The molecule has 0 amide bonds. The van der Waals surface area contributed by atoms with Crippen LogP contribution in [0.1, 0.15) is 22.7 Å². The second-order valence-electron chi connectivity index (χ2n) is 3.29. The number of benzene rings is 1. The Kier molecular flexibility index (Phi) is 3.78. The summed E-state index contributed by atoms with van der Waals surface area (Å²) in [4.78, 5) is 0. The van der Waals surface area contributed by atoms with Gasteiger partial charge >= 0.3 is 0 Å². The van der Waals surface area contributed by atoms with Gasteiger partial charge in [0, 0.05) is 10.0 Å². The van der Waals surface area contributed by atoms with E-state index in [-0.39, 0.29) is 6.61 Å². The molecule has 0 fully saturated rings. The maximum absolute atomic E-state index is 9.01. The van der Waals surface area contributed by atoms with Crippen LogP contribution < -0.4 is 5.73 Å². The van der Waals surface area contributed by atoms with E-state index in [2.05, 4.69) is 0 Å². The largest absolute Gasteiger partial charge is 0.394 e. The summed E-state index contributed by atoms with van der Waals surface area (Å²) in [6.07, 6.45) is 0. The van der Waals surface area contributed by atoms with Crippen molar-refractivity contribution in [2.75, 3.05) is 6.61 Å². The minimum atomic E-state index is -0.425. The molecular weight excluding hydrogens is 221 g/mol. The Bertz CT molecular complexity index is 326. The summed E-state index contributed by atoms with van der Waals surface area (Å²) >= 11 is 11.9. The smallest absolute Gasteiger partial charge is 0.0624 e. The van der Waals surface area contributed by atoms with E-state index in [1.165, 1.54) is 0 Å². The highest BCUT2D eigenvalue weighted by Crippen LogP contribution is 2.31. The van der Waals surface area contributed by atoms with Gasteiger partial charge in [0.2, 0.25) is 0 Å². The quantitative estimate of drug-likeness (QED) is 0.826. The van der Waals surface area contributed by atoms with Gasteiger partial charge in [-0.15, -0.1) is 0 Å². The predicted molar refractivity (Wildman–Crippen MR) is 60.0 cm³/mol. The van der Waals surface area contributed by atoms with Gasteiger partial charge in [-0.2, -0.15) is 0 Å². The average Bonchev–Trinajstić information content (AvgIpc) is 2.15. The first-order valence-electron chi connectivity index (χ1n) is 4.30. The lowest BCUT2D eigenvalue weighted by molar-refractivity contribution is 0.267. The van der Waals surface area contributed by atoms with Crippen molar-refractivity contribution in [3.05, 3.63) is 32.8 Å². The zero-order valence-electron chi connectivity index (χ0n) is 8.14. The predicted octanol–water partition coefficient (Wildman–Crippen LogP) is 2.60. The third-order valence-electron chi connectivity index (χ3n) is 2.35. The van der Waals surface area contributed by atoms with Gasteiger partial charge in [0.15, 0.2) is 0 Å². The number of hydrogen-bond donors (Lipinski definition) is 2. The van der Waals surface area contributed by atoms with Crippen LogP contribution in [0.15, 0.2) is 6.07 Å². The van der Waals surface area contributed by atoms with E-state index < -0.39 is 6.04 Å². The molecule has 2 nitrogen and oxygen atoms in total. The molecule has 78 valence electrons. The minimum absolute atomic E-state index is 0.113. The molecule has 0 bridgehead atoms. The Morgan fingerprint density at radius 1 is 1.29 bits per heavy atom. The Labute approximate surface area is 93.6 Å². The fourth-order valence-corrected chi connectivity index (χ4v) is 1.99. The van der Waals surface area contributed by atoms with Crippen LogP contribution in [0.25, 0.3) is 0 Å². The van der Waals surface area contributed by atoms with Crippen LogP contribution in [0.5, 0.6) is 0 Å². The third kappa shape index (κ3) is 2.04. The molecule has 0 aliphatic rings. The van der Waals surface area contributed by atoms with Crippen molar-refractivity contribution in [2.45, 2.75) is 19.9 Å². The zero-order chi connectivity index (χ0) is 10.9. The SMILES string of the molecule is Cc1c(Cl)cc(Cl)c(C)c1C(N)CO. The van der Waals surface area contributed by atoms with Gasteiger partial charge in [-0.3, -0.25) is 0 Å². The van der Waals surface area contributed by atoms with Crippen molar-refractivity contribution in [3.8, 4) is 0 Å². The highest BCUT2D eigenvalue weighted by Gasteiger charge is 2.15. The van der Waals surface area contributed by atoms with E-state index >= 15 is 0 Å². The summed E-state index contributed by atoms with van der Waals surface area (Å²) < 4.78 is 0. The van der Waals surface area contributed by atoms with Gasteiger partial charge in [-0.05, 0) is 36.6 Å². The van der Waals surface area contributed by atoms with Gasteiger partial charge in [-0.1, -0.05) is 23.2 Å². The van der Waals surface area contributed by atoms with E-state index in [9.17, 15) is 0 Å². The molecule has 0 spiro atoms. The van der Waals surface area contributed by atoms with Crippen LogP contribution in [0.4, 0.5) is 0 Å². The molecule has 1 atom stereocenters. The molecule has 0 aliphatic carbocycles. The Morgan fingerprint density at radius 2 is 1.71 bits per heavy atom. The highest BCUT2D eigenvalue weighted by molar-refractivity contribution is 6.35. The first-order chi connectivity index (χ1) is 6.49. The average molecular weight is 234 g/mol. The zero-order valence-corrected chi connectivity index (χ0v) is 9.65. The van der Waals surface area contributed by atoms with E-state index in [4.69, 9.17) is 34.0 Å². The molecule has 0 aliphatic heterocycles. The fraction of sp³-hybridized carbons (Fsp3) is 0.400. The van der Waals surface area contributed by atoms with E-state index in [0.29, 0.717) is 10.0 Å². The van der Waals surface area contributed by atoms with E-state index in [0.717, 1.165) is 16.7 Å². The normalized spacial score (nSPS) is 13.0. The molecule has 4 heteroatoms. The van der Waals surface area contributed by atoms with Crippen LogP contribution in [0.2, 0.25) is 10.0 Å². The molecule has 1 aromatic carbocycles. The first kappa shape index (κ1) is 11.8. The number of rotatable bonds is 2. The molecule has 1 rings (SSSR count). The molecule has 0 heterocycles. The highest BCUT2D eigenvalue weighted by atomic mass is 35.5. The van der Waals surface area contributed by atoms with Crippen molar-refractivity contribution in [1.29, 1.82) is 0 Å². The Hall–Kier alpha value is -0.280. The van der Waals surface area contributed by atoms with Crippen LogP contribution in [0, 0.1) is 13.8 Å². The van der Waals surface area contributed by atoms with Crippen molar-refractivity contribution < 1.29 is 5.11 Å². The summed E-state index contributed by atoms with van der Waals surface area (Å²) in [5, 5.41) is 10.2. The summed E-state index contributed by atoms with van der Waals surface area (Å²) in [6.45, 7) is 3.63. The third-order valence-corrected chi connectivity index (χ3v) is 3.13. The van der Waals surface area contributed by atoms with Crippen molar-refractivity contribution >= 4 is 23.2 Å². The number of aliphatic hydroxyl groups is 1. The Morgan fingerprint density at radius 3 is 2.07 bits per heavy atom. The van der Waals surface area contributed by atoms with Crippen LogP contribution in [0.3, 0.4) is 0 Å². The lowest BCUT2D eigenvalue weighted by Crippen LogP contribution is -2.17. The molecule has 0 saturated carbocycles. The van der Waals surface area contributed by atoms with E-state index in [1.807, 2.05) is 13.8 Å². The number of halogens is 2.